The maximum atomic E-state index is 12.8. The Morgan fingerprint density at radius 3 is 2.73 bits per heavy atom. The van der Waals surface area contributed by atoms with Crippen LogP contribution in [0.5, 0.6) is 0 Å². The van der Waals surface area contributed by atoms with Gasteiger partial charge in [0.05, 0.1) is 11.1 Å². The van der Waals surface area contributed by atoms with Crippen LogP contribution in [0.3, 0.4) is 0 Å². The maximum Gasteiger partial charge on any atom is 0.267 e. The Balaban J connectivity index is 1.93. The molecule has 0 radical (unpaired) electrons. The van der Waals surface area contributed by atoms with Crippen LogP contribution in [0.25, 0.3) is 17.2 Å². The normalized spacial score (nSPS) is 11.8. The number of nitrogens with one attached hydrogen (secondary N) is 1. The lowest BCUT2D eigenvalue weighted by atomic mass is 10.1. The summed E-state index contributed by atoms with van der Waals surface area (Å²) >= 11 is 0. The van der Waals surface area contributed by atoms with Gasteiger partial charge >= 0.3 is 0 Å². The Labute approximate surface area is 150 Å². The van der Waals surface area contributed by atoms with Gasteiger partial charge in [-0.15, -0.1) is 0 Å². The summed E-state index contributed by atoms with van der Waals surface area (Å²) in [6.45, 7) is 0. The van der Waals surface area contributed by atoms with Gasteiger partial charge in [-0.25, -0.2) is 17.9 Å². The second-order valence-corrected chi connectivity index (χ2v) is 7.36. The highest BCUT2D eigenvalue weighted by Crippen LogP contribution is 2.23. The van der Waals surface area contributed by atoms with Crippen LogP contribution in [-0.2, 0) is 21.9 Å². The second kappa shape index (κ2) is 6.98. The summed E-state index contributed by atoms with van der Waals surface area (Å²) in [6, 6.07) is 8.13. The fraction of sp³-hybridized carbons (Fsp3) is 0.0588. The van der Waals surface area contributed by atoms with Crippen molar-refractivity contribution in [3.05, 3.63) is 66.8 Å². The molecule has 1 aromatic carbocycles. The number of hydroxylamine groups is 1. The number of rotatable bonds is 5. The van der Waals surface area contributed by atoms with Gasteiger partial charge in [0, 0.05) is 37.3 Å². The lowest BCUT2D eigenvalue weighted by Crippen LogP contribution is -2.14. The van der Waals surface area contributed by atoms with Crippen molar-refractivity contribution < 1.29 is 18.4 Å². The first-order chi connectivity index (χ1) is 12.4. The Morgan fingerprint density at radius 2 is 2.04 bits per heavy atom. The maximum absolute atomic E-state index is 12.8. The summed E-state index contributed by atoms with van der Waals surface area (Å²) < 4.78 is 28.4. The third-order valence-corrected chi connectivity index (χ3v) is 5.31. The lowest BCUT2D eigenvalue weighted by Gasteiger charge is -2.07. The number of hydrogen-bond acceptors (Lipinski definition) is 5. The van der Waals surface area contributed by atoms with E-state index < -0.39 is 15.9 Å². The van der Waals surface area contributed by atoms with Crippen LogP contribution in [0.2, 0.25) is 0 Å². The standard InChI is InChI=1S/C17H16N4O4S/c1-20-12-15(10-18-20)14-3-2-4-16(9-14)26(24,25)21-8-7-13(11-21)5-6-17(22)19-23/h2-12,23H,1H3,(H,19,22). The molecule has 1 amide bonds. The highest BCUT2D eigenvalue weighted by Gasteiger charge is 2.17. The molecule has 0 bridgehead atoms. The minimum atomic E-state index is -3.78. The first kappa shape index (κ1) is 17.6. The fourth-order valence-corrected chi connectivity index (χ4v) is 3.63. The van der Waals surface area contributed by atoms with Crippen LogP contribution >= 0.6 is 0 Å². The molecule has 26 heavy (non-hydrogen) atoms. The van der Waals surface area contributed by atoms with Crippen molar-refractivity contribution in [2.75, 3.05) is 0 Å². The third kappa shape index (κ3) is 3.58. The van der Waals surface area contributed by atoms with Gasteiger partial charge < -0.3 is 0 Å². The van der Waals surface area contributed by atoms with Crippen molar-refractivity contribution >= 4 is 22.0 Å². The van der Waals surface area contributed by atoms with E-state index in [-0.39, 0.29) is 4.90 Å². The quantitative estimate of drug-likeness (QED) is 0.402. The fourth-order valence-electron chi connectivity index (χ4n) is 2.38. The van der Waals surface area contributed by atoms with E-state index in [0.29, 0.717) is 5.56 Å². The molecule has 9 heteroatoms. The number of benzene rings is 1. The van der Waals surface area contributed by atoms with Gasteiger partial charge in [-0.2, -0.15) is 5.10 Å². The van der Waals surface area contributed by atoms with E-state index in [1.165, 1.54) is 30.0 Å². The number of hydrogen-bond donors (Lipinski definition) is 2. The van der Waals surface area contributed by atoms with Gasteiger partial charge in [-0.3, -0.25) is 14.7 Å². The highest BCUT2D eigenvalue weighted by atomic mass is 32.2. The Morgan fingerprint density at radius 1 is 1.23 bits per heavy atom. The predicted octanol–water partition coefficient (Wildman–Crippen LogP) is 1.64. The van der Waals surface area contributed by atoms with Crippen LogP contribution in [0.1, 0.15) is 5.56 Å². The van der Waals surface area contributed by atoms with Gasteiger partial charge in [-0.1, -0.05) is 12.1 Å². The number of nitrogens with zero attached hydrogens (tertiary/aromatic N) is 3. The second-order valence-electron chi connectivity index (χ2n) is 5.52. The van der Waals surface area contributed by atoms with Gasteiger partial charge in [-0.05, 0) is 35.4 Å². The zero-order chi connectivity index (χ0) is 18.7. The van der Waals surface area contributed by atoms with Crippen molar-refractivity contribution in [3.8, 4) is 11.1 Å². The van der Waals surface area contributed by atoms with Gasteiger partial charge in [0.1, 0.15) is 0 Å². The largest absolute Gasteiger partial charge is 0.288 e. The summed E-state index contributed by atoms with van der Waals surface area (Å²) in [6.07, 6.45) is 8.72. The molecule has 0 saturated heterocycles. The monoisotopic (exact) mass is 372 g/mol. The van der Waals surface area contributed by atoms with E-state index in [1.807, 2.05) is 6.07 Å². The number of aromatic nitrogens is 3. The van der Waals surface area contributed by atoms with E-state index in [1.54, 1.807) is 42.3 Å². The molecule has 0 aliphatic carbocycles. The SMILES string of the molecule is Cn1cc(-c2cccc(S(=O)(=O)n3ccc(C=CC(=O)NO)c3)c2)cn1. The van der Waals surface area contributed by atoms with Crippen LogP contribution in [0, 0.1) is 0 Å². The Bertz CT molecular complexity index is 1080. The van der Waals surface area contributed by atoms with Crippen molar-refractivity contribution in [2.24, 2.45) is 7.05 Å². The van der Waals surface area contributed by atoms with Crippen LogP contribution in [0.15, 0.2) is 66.1 Å². The molecule has 2 N–H and O–H groups in total. The molecule has 0 saturated carbocycles. The van der Waals surface area contributed by atoms with E-state index in [2.05, 4.69) is 5.10 Å². The molecule has 0 aliphatic rings. The molecule has 2 heterocycles. The first-order valence-corrected chi connectivity index (χ1v) is 8.99. The molecule has 3 aromatic rings. The lowest BCUT2D eigenvalue weighted by molar-refractivity contribution is -0.124. The topological polar surface area (TPSA) is 106 Å². The summed E-state index contributed by atoms with van der Waals surface area (Å²) in [7, 11) is -1.99. The van der Waals surface area contributed by atoms with Crippen molar-refractivity contribution in [2.45, 2.75) is 4.90 Å². The molecular weight excluding hydrogens is 356 g/mol. The molecule has 0 spiro atoms. The molecule has 3 rings (SSSR count). The van der Waals surface area contributed by atoms with E-state index in [9.17, 15) is 13.2 Å². The third-order valence-electron chi connectivity index (χ3n) is 3.68. The number of amides is 1. The molecule has 0 unspecified atom stereocenters. The molecule has 0 fully saturated rings. The summed E-state index contributed by atoms with van der Waals surface area (Å²) in [5.41, 5.74) is 3.52. The molecular formula is C17H16N4O4S. The molecule has 0 atom stereocenters. The van der Waals surface area contributed by atoms with Gasteiger partial charge in [0.25, 0.3) is 15.9 Å². The van der Waals surface area contributed by atoms with Crippen LogP contribution < -0.4 is 5.48 Å². The zero-order valence-electron chi connectivity index (χ0n) is 13.8. The van der Waals surface area contributed by atoms with Crippen molar-refractivity contribution in [3.63, 3.8) is 0 Å². The molecule has 8 nitrogen and oxygen atoms in total. The van der Waals surface area contributed by atoms with Gasteiger partial charge in [0.15, 0.2) is 0 Å². The predicted molar refractivity (Wildman–Crippen MR) is 94.6 cm³/mol. The van der Waals surface area contributed by atoms with Crippen molar-refractivity contribution in [1.29, 1.82) is 0 Å². The number of aryl methyl sites for hydroxylation is 1. The molecule has 2 aromatic heterocycles. The first-order valence-electron chi connectivity index (χ1n) is 7.55. The number of carbonyl (C=O) groups excluding carboxylic acids is 1. The minimum Gasteiger partial charge on any atom is -0.288 e. The summed E-state index contributed by atoms with van der Waals surface area (Å²) in [4.78, 5) is 11.1. The molecule has 134 valence electrons. The minimum absolute atomic E-state index is 0.137. The van der Waals surface area contributed by atoms with Gasteiger partial charge in [0.2, 0.25) is 0 Å². The summed E-state index contributed by atoms with van der Waals surface area (Å²) in [5, 5.41) is 12.6. The Kier molecular flexibility index (Phi) is 4.74. The number of carbonyl (C=O) groups is 1. The van der Waals surface area contributed by atoms with E-state index >= 15 is 0 Å². The van der Waals surface area contributed by atoms with Crippen LogP contribution in [0.4, 0.5) is 0 Å². The van der Waals surface area contributed by atoms with Crippen LogP contribution in [-0.4, -0.2) is 33.3 Å². The smallest absolute Gasteiger partial charge is 0.267 e. The Hall–Kier alpha value is -3.17. The molecule has 0 aliphatic heterocycles. The summed E-state index contributed by atoms with van der Waals surface area (Å²) in [5.74, 6) is -0.704. The average Bonchev–Trinajstić information content (AvgIpc) is 3.29. The average molecular weight is 372 g/mol. The highest BCUT2D eigenvalue weighted by molar-refractivity contribution is 7.90. The van der Waals surface area contributed by atoms with Crippen molar-refractivity contribution in [1.82, 2.24) is 19.2 Å². The van der Waals surface area contributed by atoms with E-state index in [0.717, 1.165) is 21.2 Å². The van der Waals surface area contributed by atoms with E-state index in [4.69, 9.17) is 5.21 Å². The zero-order valence-corrected chi connectivity index (χ0v) is 14.6.